The molecule has 0 aliphatic carbocycles. The van der Waals surface area contributed by atoms with Gasteiger partial charge < -0.3 is 9.84 Å². The number of nitrogens with one attached hydrogen (secondary N) is 1. The van der Waals surface area contributed by atoms with E-state index in [1.807, 2.05) is 0 Å². The minimum absolute atomic E-state index is 0.0521. The van der Waals surface area contributed by atoms with Crippen molar-refractivity contribution in [2.45, 2.75) is 59.0 Å². The van der Waals surface area contributed by atoms with E-state index in [1.165, 1.54) is 0 Å². The lowest BCUT2D eigenvalue weighted by molar-refractivity contribution is 0.329. The van der Waals surface area contributed by atoms with Crippen molar-refractivity contribution in [3.05, 3.63) is 11.7 Å². The number of rotatable bonds is 2. The lowest BCUT2D eigenvalue weighted by Gasteiger charge is -2.18. The predicted octanol–water partition coefficient (Wildman–Crippen LogP) is 2.26. The maximum absolute atomic E-state index is 5.16. The summed E-state index contributed by atoms with van der Waals surface area (Å²) in [6.45, 7) is 13.1. The molecule has 0 saturated heterocycles. The molecule has 1 aromatic heterocycles. The molecule has 0 saturated carbocycles. The highest BCUT2D eigenvalue weighted by molar-refractivity contribution is 4.99. The largest absolute Gasteiger partial charge is 0.338 e. The molecule has 1 heterocycles. The molecular formula is C11H21N3O. The van der Waals surface area contributed by atoms with Gasteiger partial charge in [-0.15, -0.1) is 0 Å². The van der Waals surface area contributed by atoms with Gasteiger partial charge in [0.05, 0.1) is 6.54 Å². The van der Waals surface area contributed by atoms with Crippen LogP contribution >= 0.6 is 0 Å². The average Bonchev–Trinajstić information content (AvgIpc) is 2.45. The van der Waals surface area contributed by atoms with Gasteiger partial charge in [-0.05, 0) is 20.8 Å². The first-order valence-electron chi connectivity index (χ1n) is 5.26. The van der Waals surface area contributed by atoms with Crippen LogP contribution in [0.25, 0.3) is 0 Å². The first-order valence-corrected chi connectivity index (χ1v) is 5.26. The number of aromatic nitrogens is 2. The molecule has 15 heavy (non-hydrogen) atoms. The fraction of sp³-hybridized carbons (Fsp3) is 0.818. The second-order valence-electron chi connectivity index (χ2n) is 5.87. The van der Waals surface area contributed by atoms with Crippen molar-refractivity contribution >= 4 is 0 Å². The molecule has 0 atom stereocenters. The van der Waals surface area contributed by atoms with Crippen molar-refractivity contribution in [3.63, 3.8) is 0 Å². The van der Waals surface area contributed by atoms with Crippen LogP contribution in [-0.4, -0.2) is 15.7 Å². The Morgan fingerprint density at radius 1 is 1.13 bits per heavy atom. The van der Waals surface area contributed by atoms with Gasteiger partial charge >= 0.3 is 0 Å². The van der Waals surface area contributed by atoms with E-state index in [-0.39, 0.29) is 11.0 Å². The number of hydrogen-bond donors (Lipinski definition) is 1. The molecule has 0 amide bonds. The summed E-state index contributed by atoms with van der Waals surface area (Å²) in [6.07, 6.45) is 0. The average molecular weight is 211 g/mol. The molecule has 0 unspecified atom stereocenters. The molecule has 1 aromatic rings. The summed E-state index contributed by atoms with van der Waals surface area (Å²) in [5.41, 5.74) is 0.0137. The standard InChI is InChI=1S/C11H21N3O/c1-10(2,3)9-13-8(15-14-9)7-12-11(4,5)6/h12H,7H2,1-6H3. The molecule has 0 fully saturated rings. The van der Waals surface area contributed by atoms with Gasteiger partial charge in [-0.2, -0.15) is 4.98 Å². The quantitative estimate of drug-likeness (QED) is 0.815. The van der Waals surface area contributed by atoms with Gasteiger partial charge in [0.1, 0.15) is 0 Å². The zero-order chi connectivity index (χ0) is 11.7. The molecule has 0 aromatic carbocycles. The van der Waals surface area contributed by atoms with E-state index in [0.717, 1.165) is 5.82 Å². The Morgan fingerprint density at radius 2 is 1.73 bits per heavy atom. The molecule has 0 bridgehead atoms. The fourth-order valence-electron chi connectivity index (χ4n) is 0.972. The van der Waals surface area contributed by atoms with Crippen LogP contribution in [0.3, 0.4) is 0 Å². The maximum atomic E-state index is 5.16. The van der Waals surface area contributed by atoms with Crippen molar-refractivity contribution in [1.82, 2.24) is 15.5 Å². The van der Waals surface area contributed by atoms with Crippen LogP contribution in [0.1, 0.15) is 53.3 Å². The fourth-order valence-corrected chi connectivity index (χ4v) is 0.972. The maximum Gasteiger partial charge on any atom is 0.240 e. The molecular weight excluding hydrogens is 190 g/mol. The van der Waals surface area contributed by atoms with E-state index in [4.69, 9.17) is 4.52 Å². The summed E-state index contributed by atoms with van der Waals surface area (Å²) in [6, 6.07) is 0. The SMILES string of the molecule is CC(C)(C)NCc1nc(C(C)(C)C)no1. The van der Waals surface area contributed by atoms with E-state index in [9.17, 15) is 0 Å². The molecule has 0 radical (unpaired) electrons. The Bertz CT molecular complexity index is 317. The summed E-state index contributed by atoms with van der Waals surface area (Å²) in [7, 11) is 0. The van der Waals surface area contributed by atoms with Gasteiger partial charge in [0.25, 0.3) is 0 Å². The minimum atomic E-state index is -0.0521. The molecule has 86 valence electrons. The third-order valence-corrected chi connectivity index (χ3v) is 1.91. The van der Waals surface area contributed by atoms with Gasteiger partial charge in [-0.25, -0.2) is 0 Å². The van der Waals surface area contributed by atoms with Crippen molar-refractivity contribution in [2.24, 2.45) is 0 Å². The minimum Gasteiger partial charge on any atom is -0.338 e. The van der Waals surface area contributed by atoms with Crippen LogP contribution in [-0.2, 0) is 12.0 Å². The van der Waals surface area contributed by atoms with Gasteiger partial charge in [-0.3, -0.25) is 0 Å². The van der Waals surface area contributed by atoms with Crippen LogP contribution in [0.5, 0.6) is 0 Å². The highest BCUT2D eigenvalue weighted by Gasteiger charge is 2.21. The molecule has 4 nitrogen and oxygen atoms in total. The summed E-state index contributed by atoms with van der Waals surface area (Å²) in [4.78, 5) is 4.34. The predicted molar refractivity (Wildman–Crippen MR) is 59.6 cm³/mol. The molecule has 4 heteroatoms. The van der Waals surface area contributed by atoms with E-state index in [1.54, 1.807) is 0 Å². The van der Waals surface area contributed by atoms with Gasteiger partial charge in [0, 0.05) is 11.0 Å². The zero-order valence-corrected chi connectivity index (χ0v) is 10.5. The Morgan fingerprint density at radius 3 is 2.13 bits per heavy atom. The third kappa shape index (κ3) is 4.00. The van der Waals surface area contributed by atoms with E-state index >= 15 is 0 Å². The summed E-state index contributed by atoms with van der Waals surface area (Å²) >= 11 is 0. The summed E-state index contributed by atoms with van der Waals surface area (Å²) in [5.74, 6) is 1.41. The Balaban J connectivity index is 2.62. The van der Waals surface area contributed by atoms with Gasteiger partial charge in [-0.1, -0.05) is 25.9 Å². The van der Waals surface area contributed by atoms with E-state index < -0.39 is 0 Å². The topological polar surface area (TPSA) is 51.0 Å². The number of hydrogen-bond acceptors (Lipinski definition) is 4. The van der Waals surface area contributed by atoms with Crippen LogP contribution in [0.4, 0.5) is 0 Å². The second kappa shape index (κ2) is 3.93. The highest BCUT2D eigenvalue weighted by atomic mass is 16.5. The van der Waals surface area contributed by atoms with Crippen LogP contribution in [0, 0.1) is 0 Å². The van der Waals surface area contributed by atoms with Crippen molar-refractivity contribution < 1.29 is 4.52 Å². The summed E-state index contributed by atoms with van der Waals surface area (Å²) < 4.78 is 5.16. The highest BCUT2D eigenvalue weighted by Crippen LogP contribution is 2.18. The molecule has 0 aliphatic heterocycles. The number of nitrogens with zero attached hydrogens (tertiary/aromatic N) is 2. The molecule has 0 aliphatic rings. The first-order chi connectivity index (χ1) is 6.68. The molecule has 1 N–H and O–H groups in total. The van der Waals surface area contributed by atoms with Crippen LogP contribution < -0.4 is 5.32 Å². The van der Waals surface area contributed by atoms with Crippen LogP contribution in [0.2, 0.25) is 0 Å². The van der Waals surface area contributed by atoms with Crippen molar-refractivity contribution in [3.8, 4) is 0 Å². The molecule has 1 rings (SSSR count). The normalized spacial score (nSPS) is 13.2. The van der Waals surface area contributed by atoms with Crippen LogP contribution in [0.15, 0.2) is 4.52 Å². The molecule has 0 spiro atoms. The van der Waals surface area contributed by atoms with Gasteiger partial charge in [0.15, 0.2) is 5.82 Å². The second-order valence-corrected chi connectivity index (χ2v) is 5.87. The van der Waals surface area contributed by atoms with E-state index in [0.29, 0.717) is 12.4 Å². The third-order valence-electron chi connectivity index (χ3n) is 1.91. The van der Waals surface area contributed by atoms with Crippen molar-refractivity contribution in [1.29, 1.82) is 0 Å². The lowest BCUT2D eigenvalue weighted by atomic mass is 9.96. The first kappa shape index (κ1) is 12.2. The summed E-state index contributed by atoms with van der Waals surface area (Å²) in [5, 5.41) is 7.27. The van der Waals surface area contributed by atoms with Gasteiger partial charge in [0.2, 0.25) is 5.89 Å². The van der Waals surface area contributed by atoms with Crippen molar-refractivity contribution in [2.75, 3.05) is 0 Å². The smallest absolute Gasteiger partial charge is 0.240 e. The Labute approximate surface area is 91.5 Å². The zero-order valence-electron chi connectivity index (χ0n) is 10.5. The van der Waals surface area contributed by atoms with E-state index in [2.05, 4.69) is 57.0 Å². The lowest BCUT2D eigenvalue weighted by Crippen LogP contribution is -2.35. The Hall–Kier alpha value is -0.900. The monoisotopic (exact) mass is 211 g/mol. The Kier molecular flexibility index (Phi) is 3.19.